The van der Waals surface area contributed by atoms with E-state index < -0.39 is 0 Å². The van der Waals surface area contributed by atoms with Crippen LogP contribution in [0.15, 0.2) is 36.5 Å². The van der Waals surface area contributed by atoms with E-state index in [0.29, 0.717) is 0 Å². The first-order chi connectivity index (χ1) is 8.33. The lowest BCUT2D eigenvalue weighted by Gasteiger charge is -2.12. The molecule has 1 aromatic heterocycles. The highest BCUT2D eigenvalue weighted by atomic mass is 16.3. The maximum Gasteiger partial charge on any atom is 0.0811 e. The predicted octanol–water partition coefficient (Wildman–Crippen LogP) is 3.85. The lowest BCUT2D eigenvalue weighted by Crippen LogP contribution is -1.99. The quantitative estimate of drug-likeness (QED) is 0.790. The summed E-state index contributed by atoms with van der Waals surface area (Å²) in [4.78, 5) is 4.37. The second-order valence-corrected chi connectivity index (χ2v) is 4.43. The first-order valence-corrected chi connectivity index (χ1v) is 6.34. The molecule has 1 heterocycles. The predicted molar refractivity (Wildman–Crippen MR) is 70.8 cm³/mol. The summed E-state index contributed by atoms with van der Waals surface area (Å²) in [6.07, 6.45) is 5.64. The number of benzene rings is 1. The molecule has 1 N–H and O–H groups in total. The van der Waals surface area contributed by atoms with Crippen molar-refractivity contribution >= 4 is 10.9 Å². The monoisotopic (exact) mass is 229 g/mol. The van der Waals surface area contributed by atoms with Crippen molar-refractivity contribution in [3.63, 3.8) is 0 Å². The molecule has 90 valence electrons. The van der Waals surface area contributed by atoms with Gasteiger partial charge in [0.25, 0.3) is 0 Å². The summed E-state index contributed by atoms with van der Waals surface area (Å²) in [5.41, 5.74) is 1.89. The van der Waals surface area contributed by atoms with Crippen molar-refractivity contribution in [3.05, 3.63) is 42.1 Å². The fourth-order valence-corrected chi connectivity index (χ4v) is 2.14. The Hall–Kier alpha value is -1.41. The van der Waals surface area contributed by atoms with E-state index >= 15 is 0 Å². The molecule has 2 nitrogen and oxygen atoms in total. The Bertz CT molecular complexity index is 476. The molecule has 0 radical (unpaired) electrons. The van der Waals surface area contributed by atoms with Gasteiger partial charge in [-0.2, -0.15) is 0 Å². The Labute approximate surface area is 102 Å². The van der Waals surface area contributed by atoms with E-state index in [9.17, 15) is 5.11 Å². The molecule has 0 aliphatic carbocycles. The molecule has 0 saturated heterocycles. The number of hydrogen-bond donors (Lipinski definition) is 1. The molecule has 0 amide bonds. The molecule has 1 atom stereocenters. The van der Waals surface area contributed by atoms with Crippen LogP contribution in [0, 0.1) is 0 Å². The second kappa shape index (κ2) is 5.78. The van der Waals surface area contributed by atoms with Crippen molar-refractivity contribution in [2.24, 2.45) is 0 Å². The normalized spacial score (nSPS) is 12.8. The van der Waals surface area contributed by atoms with E-state index in [-0.39, 0.29) is 6.10 Å². The molecule has 0 bridgehead atoms. The number of aromatic nitrogens is 1. The van der Waals surface area contributed by atoms with Crippen molar-refractivity contribution in [1.29, 1.82) is 0 Å². The van der Waals surface area contributed by atoms with Gasteiger partial charge < -0.3 is 5.11 Å². The molecule has 17 heavy (non-hydrogen) atoms. The molecular formula is C15H19NO. The largest absolute Gasteiger partial charge is 0.388 e. The minimum atomic E-state index is -0.389. The maximum absolute atomic E-state index is 10.2. The Morgan fingerprint density at radius 1 is 1.18 bits per heavy atom. The van der Waals surface area contributed by atoms with Crippen molar-refractivity contribution in [2.75, 3.05) is 0 Å². The molecular weight excluding hydrogens is 210 g/mol. The van der Waals surface area contributed by atoms with Gasteiger partial charge in [0.1, 0.15) is 0 Å². The Kier molecular flexibility index (Phi) is 4.10. The van der Waals surface area contributed by atoms with E-state index in [1.54, 1.807) is 6.20 Å². The lowest BCUT2D eigenvalue weighted by atomic mass is 10.0. The Morgan fingerprint density at radius 3 is 2.82 bits per heavy atom. The summed E-state index contributed by atoms with van der Waals surface area (Å²) in [5.74, 6) is 0. The van der Waals surface area contributed by atoms with Crippen molar-refractivity contribution in [3.8, 4) is 0 Å². The molecule has 0 spiro atoms. The zero-order valence-electron chi connectivity index (χ0n) is 10.3. The van der Waals surface area contributed by atoms with Crippen molar-refractivity contribution in [1.82, 2.24) is 4.98 Å². The van der Waals surface area contributed by atoms with Gasteiger partial charge in [0.05, 0.1) is 11.6 Å². The number of para-hydroxylation sites is 1. The van der Waals surface area contributed by atoms with Gasteiger partial charge in [0.2, 0.25) is 0 Å². The average molecular weight is 229 g/mol. The highest BCUT2D eigenvalue weighted by Crippen LogP contribution is 2.25. The Balaban J connectivity index is 2.22. The Morgan fingerprint density at radius 2 is 2.00 bits per heavy atom. The molecule has 2 aromatic rings. The van der Waals surface area contributed by atoms with Gasteiger partial charge in [-0.05, 0) is 12.5 Å². The highest BCUT2D eigenvalue weighted by Gasteiger charge is 2.11. The smallest absolute Gasteiger partial charge is 0.0811 e. The molecule has 2 heteroatoms. The summed E-state index contributed by atoms with van der Waals surface area (Å²) in [6, 6.07) is 9.96. The van der Waals surface area contributed by atoms with E-state index in [1.807, 2.05) is 30.3 Å². The highest BCUT2D eigenvalue weighted by molar-refractivity contribution is 5.81. The summed E-state index contributed by atoms with van der Waals surface area (Å²) >= 11 is 0. The summed E-state index contributed by atoms with van der Waals surface area (Å²) in [7, 11) is 0. The van der Waals surface area contributed by atoms with Crippen LogP contribution in [0.1, 0.15) is 44.3 Å². The summed E-state index contributed by atoms with van der Waals surface area (Å²) < 4.78 is 0. The van der Waals surface area contributed by atoms with Gasteiger partial charge in [-0.15, -0.1) is 0 Å². The standard InChI is InChI=1S/C15H19NO/c1-2-3-4-10-14(17)13-9-5-7-12-8-6-11-16-15(12)13/h5-9,11,14,17H,2-4,10H2,1H3. The second-order valence-electron chi connectivity index (χ2n) is 4.43. The number of nitrogens with zero attached hydrogens (tertiary/aromatic N) is 1. The maximum atomic E-state index is 10.2. The third-order valence-corrected chi connectivity index (χ3v) is 3.10. The van der Waals surface area contributed by atoms with Crippen LogP contribution in [-0.2, 0) is 0 Å². The number of unbranched alkanes of at least 4 members (excludes halogenated alkanes) is 2. The zero-order valence-corrected chi connectivity index (χ0v) is 10.3. The van der Waals surface area contributed by atoms with Crippen LogP contribution in [0.25, 0.3) is 10.9 Å². The van der Waals surface area contributed by atoms with Crippen molar-refractivity contribution < 1.29 is 5.11 Å². The zero-order chi connectivity index (χ0) is 12.1. The van der Waals surface area contributed by atoms with Gasteiger partial charge in [-0.3, -0.25) is 4.98 Å². The molecule has 0 saturated carbocycles. The molecule has 0 fully saturated rings. The van der Waals surface area contributed by atoms with E-state index in [2.05, 4.69) is 11.9 Å². The minimum Gasteiger partial charge on any atom is -0.388 e. The number of aliphatic hydroxyl groups excluding tert-OH is 1. The van der Waals surface area contributed by atoms with Crippen molar-refractivity contribution in [2.45, 2.75) is 38.7 Å². The van der Waals surface area contributed by atoms with Crippen LogP contribution in [0.2, 0.25) is 0 Å². The van der Waals surface area contributed by atoms with Gasteiger partial charge in [-0.1, -0.05) is 50.5 Å². The number of rotatable bonds is 5. The van der Waals surface area contributed by atoms with Crippen LogP contribution in [0.5, 0.6) is 0 Å². The number of hydrogen-bond acceptors (Lipinski definition) is 2. The van der Waals surface area contributed by atoms with E-state index in [1.165, 1.54) is 12.8 Å². The summed E-state index contributed by atoms with van der Waals surface area (Å²) in [6.45, 7) is 2.17. The van der Waals surface area contributed by atoms with Crippen LogP contribution >= 0.6 is 0 Å². The topological polar surface area (TPSA) is 33.1 Å². The fraction of sp³-hybridized carbons (Fsp3) is 0.400. The van der Waals surface area contributed by atoms with E-state index in [0.717, 1.165) is 29.3 Å². The molecule has 0 aliphatic rings. The van der Waals surface area contributed by atoms with Gasteiger partial charge in [0.15, 0.2) is 0 Å². The number of aliphatic hydroxyl groups is 1. The third kappa shape index (κ3) is 2.83. The van der Waals surface area contributed by atoms with Crippen LogP contribution in [0.4, 0.5) is 0 Å². The van der Waals surface area contributed by atoms with Crippen LogP contribution in [-0.4, -0.2) is 10.1 Å². The fourth-order valence-electron chi connectivity index (χ4n) is 2.14. The first kappa shape index (κ1) is 12.1. The van der Waals surface area contributed by atoms with E-state index in [4.69, 9.17) is 0 Å². The number of pyridine rings is 1. The minimum absolute atomic E-state index is 0.389. The molecule has 2 rings (SSSR count). The SMILES string of the molecule is CCCCCC(O)c1cccc2cccnc12. The lowest BCUT2D eigenvalue weighted by molar-refractivity contribution is 0.165. The van der Waals surface area contributed by atoms with Crippen LogP contribution in [0.3, 0.4) is 0 Å². The van der Waals surface area contributed by atoms with Gasteiger partial charge >= 0.3 is 0 Å². The molecule has 1 unspecified atom stereocenters. The summed E-state index contributed by atoms with van der Waals surface area (Å²) in [5, 5.41) is 11.3. The molecule has 1 aromatic carbocycles. The van der Waals surface area contributed by atoms with Gasteiger partial charge in [-0.25, -0.2) is 0 Å². The van der Waals surface area contributed by atoms with Gasteiger partial charge in [0, 0.05) is 17.1 Å². The number of fused-ring (bicyclic) bond motifs is 1. The molecule has 0 aliphatic heterocycles. The average Bonchev–Trinajstić information content (AvgIpc) is 2.38. The third-order valence-electron chi connectivity index (χ3n) is 3.10. The van der Waals surface area contributed by atoms with Crippen LogP contribution < -0.4 is 0 Å². The first-order valence-electron chi connectivity index (χ1n) is 6.34.